The average molecular weight is 402 g/mol. The first kappa shape index (κ1) is 22.1. The van der Waals surface area contributed by atoms with Crippen LogP contribution in [0.5, 0.6) is 23.0 Å². The summed E-state index contributed by atoms with van der Waals surface area (Å²) in [5.41, 5.74) is 0.567. The molecule has 2 aromatic carbocycles. The van der Waals surface area contributed by atoms with E-state index in [1.165, 1.54) is 27.4 Å². The molecule has 7 heteroatoms. The van der Waals surface area contributed by atoms with Gasteiger partial charge in [-0.05, 0) is 36.8 Å². The van der Waals surface area contributed by atoms with Crippen LogP contribution in [0.15, 0.2) is 36.4 Å². The molecule has 156 valence electrons. The fraction of sp³-hybridized carbons (Fsp3) is 0.364. The van der Waals surface area contributed by atoms with E-state index in [9.17, 15) is 9.59 Å². The monoisotopic (exact) mass is 402 g/mol. The zero-order chi connectivity index (χ0) is 21.2. The highest BCUT2D eigenvalue weighted by atomic mass is 16.5. The van der Waals surface area contributed by atoms with Crippen molar-refractivity contribution in [3.05, 3.63) is 47.5 Å². The van der Waals surface area contributed by atoms with Crippen LogP contribution in [0.25, 0.3) is 0 Å². The van der Waals surface area contributed by atoms with Gasteiger partial charge in [0.2, 0.25) is 5.78 Å². The Morgan fingerprint density at radius 3 is 2.28 bits per heavy atom. The molecule has 0 aliphatic rings. The number of carbonyl (C=O) groups is 2. The zero-order valence-electron chi connectivity index (χ0n) is 17.2. The standard InChI is InChI=1S/C22H26O7/c1-5-6-11-28-19-10-7-15(12-21(19)27-4)22(24)29-14-18(23)17-9-8-16(25-2)13-20(17)26-3/h7-10,12-13H,5-6,11,14H2,1-4H3. The van der Waals surface area contributed by atoms with Crippen LogP contribution in [0, 0.1) is 0 Å². The minimum absolute atomic E-state index is 0.263. The summed E-state index contributed by atoms with van der Waals surface area (Å²) in [6.07, 6.45) is 1.93. The number of ether oxygens (including phenoxy) is 5. The molecular weight excluding hydrogens is 376 g/mol. The minimum Gasteiger partial charge on any atom is -0.497 e. The highest BCUT2D eigenvalue weighted by Crippen LogP contribution is 2.29. The van der Waals surface area contributed by atoms with Crippen molar-refractivity contribution in [3.8, 4) is 23.0 Å². The molecule has 0 radical (unpaired) electrons. The van der Waals surface area contributed by atoms with Crippen molar-refractivity contribution in [2.45, 2.75) is 19.8 Å². The summed E-state index contributed by atoms with van der Waals surface area (Å²) in [6.45, 7) is 2.22. The topological polar surface area (TPSA) is 80.3 Å². The average Bonchev–Trinajstić information content (AvgIpc) is 2.76. The maximum Gasteiger partial charge on any atom is 0.338 e. The van der Waals surface area contributed by atoms with Crippen LogP contribution >= 0.6 is 0 Å². The molecular formula is C22H26O7. The van der Waals surface area contributed by atoms with Gasteiger partial charge in [0.1, 0.15) is 11.5 Å². The number of hydrogen-bond donors (Lipinski definition) is 0. The molecule has 0 amide bonds. The summed E-state index contributed by atoms with van der Waals surface area (Å²) < 4.78 is 26.4. The number of benzene rings is 2. The van der Waals surface area contributed by atoms with Crippen molar-refractivity contribution in [3.63, 3.8) is 0 Å². The van der Waals surface area contributed by atoms with E-state index >= 15 is 0 Å². The van der Waals surface area contributed by atoms with Crippen molar-refractivity contribution in [2.75, 3.05) is 34.5 Å². The summed E-state index contributed by atoms with van der Waals surface area (Å²) >= 11 is 0. The largest absolute Gasteiger partial charge is 0.497 e. The second-order valence-corrected chi connectivity index (χ2v) is 6.13. The molecule has 2 rings (SSSR count). The van der Waals surface area contributed by atoms with Gasteiger partial charge in [-0.2, -0.15) is 0 Å². The van der Waals surface area contributed by atoms with Crippen LogP contribution in [0.1, 0.15) is 40.5 Å². The normalized spacial score (nSPS) is 10.2. The highest BCUT2D eigenvalue weighted by Gasteiger charge is 2.17. The third-order valence-electron chi connectivity index (χ3n) is 4.20. The lowest BCUT2D eigenvalue weighted by Crippen LogP contribution is -2.15. The smallest absolute Gasteiger partial charge is 0.338 e. The van der Waals surface area contributed by atoms with Gasteiger partial charge in [0.25, 0.3) is 0 Å². The van der Waals surface area contributed by atoms with E-state index in [0.29, 0.717) is 35.2 Å². The predicted octanol–water partition coefficient (Wildman–Crippen LogP) is 3.93. The molecule has 0 bridgehead atoms. The van der Waals surface area contributed by atoms with E-state index in [1.807, 2.05) is 0 Å². The Morgan fingerprint density at radius 2 is 1.62 bits per heavy atom. The number of ketones is 1. The first-order valence-corrected chi connectivity index (χ1v) is 9.27. The number of rotatable bonds is 11. The second-order valence-electron chi connectivity index (χ2n) is 6.13. The molecule has 29 heavy (non-hydrogen) atoms. The van der Waals surface area contributed by atoms with Crippen molar-refractivity contribution in [1.29, 1.82) is 0 Å². The minimum atomic E-state index is -0.635. The molecule has 0 N–H and O–H groups in total. The Morgan fingerprint density at radius 1 is 0.862 bits per heavy atom. The summed E-state index contributed by atoms with van der Waals surface area (Å²) in [7, 11) is 4.47. The molecule has 7 nitrogen and oxygen atoms in total. The van der Waals surface area contributed by atoms with Crippen molar-refractivity contribution in [1.82, 2.24) is 0 Å². The molecule has 0 heterocycles. The molecule has 0 unspecified atom stereocenters. The molecule has 0 aliphatic heterocycles. The lowest BCUT2D eigenvalue weighted by molar-refractivity contribution is 0.0473. The quantitative estimate of drug-likeness (QED) is 0.320. The number of hydrogen-bond acceptors (Lipinski definition) is 7. The third-order valence-corrected chi connectivity index (χ3v) is 4.20. The van der Waals surface area contributed by atoms with Gasteiger partial charge in [-0.25, -0.2) is 4.79 Å². The van der Waals surface area contributed by atoms with Gasteiger partial charge >= 0.3 is 5.97 Å². The number of esters is 1. The number of methoxy groups -OCH3 is 3. The molecule has 0 spiro atoms. The SMILES string of the molecule is CCCCOc1ccc(C(=O)OCC(=O)c2ccc(OC)cc2OC)cc1OC. The molecule has 0 saturated carbocycles. The van der Waals surface area contributed by atoms with E-state index in [4.69, 9.17) is 23.7 Å². The molecule has 0 atom stereocenters. The van der Waals surface area contributed by atoms with Crippen LogP contribution < -0.4 is 18.9 Å². The Hall–Kier alpha value is -3.22. The maximum absolute atomic E-state index is 12.4. The van der Waals surface area contributed by atoms with Crippen LogP contribution in [0.4, 0.5) is 0 Å². The second kappa shape index (κ2) is 10.9. The van der Waals surface area contributed by atoms with Gasteiger partial charge in [0.05, 0.1) is 39.1 Å². The summed E-state index contributed by atoms with van der Waals surface area (Å²) in [6, 6.07) is 9.56. The number of Topliss-reactive ketones (excluding diaryl/α,β-unsaturated/α-hetero) is 1. The maximum atomic E-state index is 12.4. The number of carbonyl (C=O) groups excluding carboxylic acids is 2. The van der Waals surface area contributed by atoms with Crippen molar-refractivity contribution in [2.24, 2.45) is 0 Å². The van der Waals surface area contributed by atoms with Gasteiger partial charge in [-0.15, -0.1) is 0 Å². The van der Waals surface area contributed by atoms with Crippen molar-refractivity contribution >= 4 is 11.8 Å². The fourth-order valence-electron chi connectivity index (χ4n) is 2.56. The first-order chi connectivity index (χ1) is 14.0. The van der Waals surface area contributed by atoms with Crippen LogP contribution in [-0.4, -0.2) is 46.3 Å². The van der Waals surface area contributed by atoms with Gasteiger partial charge in [0.15, 0.2) is 18.1 Å². The van der Waals surface area contributed by atoms with E-state index in [2.05, 4.69) is 6.92 Å². The molecule has 2 aromatic rings. The van der Waals surface area contributed by atoms with Crippen LogP contribution in [0.3, 0.4) is 0 Å². The third kappa shape index (κ3) is 5.88. The first-order valence-electron chi connectivity index (χ1n) is 9.27. The van der Waals surface area contributed by atoms with Crippen molar-refractivity contribution < 1.29 is 33.3 Å². The van der Waals surface area contributed by atoms with E-state index in [0.717, 1.165) is 12.8 Å². The van der Waals surface area contributed by atoms with Gasteiger partial charge in [-0.1, -0.05) is 13.3 Å². The Kier molecular flexibility index (Phi) is 8.33. The molecule has 0 aromatic heterocycles. The zero-order valence-corrected chi connectivity index (χ0v) is 17.2. The van der Waals surface area contributed by atoms with E-state index in [-0.39, 0.29) is 11.3 Å². The van der Waals surface area contributed by atoms with Gasteiger partial charge in [0, 0.05) is 6.07 Å². The Balaban J connectivity index is 2.04. The molecule has 0 aliphatic carbocycles. The summed E-state index contributed by atoms with van der Waals surface area (Å²) in [5.74, 6) is 0.869. The molecule has 0 saturated heterocycles. The molecule has 0 fully saturated rings. The lowest BCUT2D eigenvalue weighted by atomic mass is 10.1. The van der Waals surface area contributed by atoms with Gasteiger partial charge < -0.3 is 23.7 Å². The van der Waals surface area contributed by atoms with E-state index < -0.39 is 12.6 Å². The predicted molar refractivity (Wildman–Crippen MR) is 108 cm³/mol. The van der Waals surface area contributed by atoms with E-state index in [1.54, 1.807) is 30.3 Å². The lowest BCUT2D eigenvalue weighted by Gasteiger charge is -2.12. The summed E-state index contributed by atoms with van der Waals surface area (Å²) in [5, 5.41) is 0. The highest BCUT2D eigenvalue weighted by molar-refractivity contribution is 6.01. The Bertz CT molecular complexity index is 845. The Labute approximate surface area is 170 Å². The number of unbranched alkanes of at least 4 members (excludes halogenated alkanes) is 1. The van der Waals surface area contributed by atoms with Crippen LogP contribution in [-0.2, 0) is 4.74 Å². The van der Waals surface area contributed by atoms with Gasteiger partial charge in [-0.3, -0.25) is 4.79 Å². The summed E-state index contributed by atoms with van der Waals surface area (Å²) in [4.78, 5) is 24.8. The fourth-order valence-corrected chi connectivity index (χ4v) is 2.56. The van der Waals surface area contributed by atoms with Crippen LogP contribution in [0.2, 0.25) is 0 Å².